The third kappa shape index (κ3) is 24.0. The van der Waals surface area contributed by atoms with Gasteiger partial charge in [0.25, 0.3) is 5.69 Å². The van der Waals surface area contributed by atoms with Crippen molar-refractivity contribution in [3.05, 3.63) is 34.4 Å². The normalized spacial score (nSPS) is 12.3. The van der Waals surface area contributed by atoms with Crippen LogP contribution in [0.1, 0.15) is 207 Å². The van der Waals surface area contributed by atoms with Crippen molar-refractivity contribution < 1.29 is 32.4 Å². The van der Waals surface area contributed by atoms with Gasteiger partial charge in [-0.2, -0.15) is 4.31 Å². The van der Waals surface area contributed by atoms with Gasteiger partial charge in [-0.05, 0) is 63.5 Å². The van der Waals surface area contributed by atoms with Crippen LogP contribution >= 0.6 is 0 Å². The second-order valence-corrected chi connectivity index (χ2v) is 17.3. The molecule has 0 saturated carbocycles. The van der Waals surface area contributed by atoms with E-state index in [-0.39, 0.29) is 54.4 Å². The average Bonchev–Trinajstić information content (AvgIpc) is 3.17. The van der Waals surface area contributed by atoms with Crippen LogP contribution in [0, 0.1) is 10.1 Å². The molecule has 1 aromatic carbocycles. The minimum Gasteiger partial charge on any atom is -0.466 e. The lowest BCUT2D eigenvalue weighted by molar-refractivity contribution is -0.384. The second kappa shape index (κ2) is 32.5. The molecule has 55 heavy (non-hydrogen) atoms. The first-order chi connectivity index (χ1) is 26.6. The number of unbranched alkanes of at least 4 members (excludes halogenated alkanes) is 17. The van der Waals surface area contributed by atoms with Crippen molar-refractivity contribution in [1.29, 1.82) is 0 Å². The van der Waals surface area contributed by atoms with Crippen molar-refractivity contribution in [2.75, 3.05) is 13.2 Å². The van der Waals surface area contributed by atoms with Gasteiger partial charge in [0.15, 0.2) is 0 Å². The Morgan fingerprint density at radius 1 is 0.618 bits per heavy atom. The van der Waals surface area contributed by atoms with Crippen LogP contribution in [-0.4, -0.2) is 54.9 Å². The molecule has 0 saturated heterocycles. The highest BCUT2D eigenvalue weighted by Crippen LogP contribution is 2.27. The molecule has 1 aromatic rings. The number of carbonyl (C=O) groups excluding carboxylic acids is 2. The fourth-order valence-corrected chi connectivity index (χ4v) is 8.78. The van der Waals surface area contributed by atoms with Crippen LogP contribution in [0.2, 0.25) is 0 Å². The molecule has 0 N–H and O–H groups in total. The number of non-ortho nitro benzene ring substituents is 1. The molecule has 10 nitrogen and oxygen atoms in total. The number of hydrogen-bond acceptors (Lipinski definition) is 8. The van der Waals surface area contributed by atoms with Crippen molar-refractivity contribution >= 4 is 27.6 Å². The number of carbonyl (C=O) groups is 2. The van der Waals surface area contributed by atoms with Crippen molar-refractivity contribution in [3.63, 3.8) is 0 Å². The van der Waals surface area contributed by atoms with Crippen LogP contribution in [0.25, 0.3) is 0 Å². The second-order valence-electron chi connectivity index (χ2n) is 15.4. The van der Waals surface area contributed by atoms with Crippen molar-refractivity contribution in [2.45, 2.75) is 225 Å². The molecular formula is C44H78N2O8S. The smallest absolute Gasteiger partial charge is 0.306 e. The van der Waals surface area contributed by atoms with E-state index < -0.39 is 21.0 Å². The number of hydrogen-bond donors (Lipinski definition) is 0. The Morgan fingerprint density at radius 3 is 1.60 bits per heavy atom. The molecule has 0 spiro atoms. The first kappa shape index (κ1) is 50.5. The van der Waals surface area contributed by atoms with Crippen LogP contribution in [0.3, 0.4) is 0 Å². The van der Waals surface area contributed by atoms with Crippen LogP contribution in [0.5, 0.6) is 0 Å². The molecule has 11 heteroatoms. The number of nitro benzene ring substituents is 1. The monoisotopic (exact) mass is 795 g/mol. The van der Waals surface area contributed by atoms with Gasteiger partial charge in [-0.25, -0.2) is 8.42 Å². The predicted octanol–water partition coefficient (Wildman–Crippen LogP) is 12.4. The van der Waals surface area contributed by atoms with E-state index in [1.54, 1.807) is 0 Å². The van der Waals surface area contributed by atoms with Crippen molar-refractivity contribution in [2.24, 2.45) is 0 Å². The molecule has 1 atom stereocenters. The third-order valence-corrected chi connectivity index (χ3v) is 12.4. The molecule has 1 rings (SSSR count). The molecule has 0 aliphatic rings. The lowest BCUT2D eigenvalue weighted by Crippen LogP contribution is -2.41. The molecular weight excluding hydrogens is 717 g/mol. The summed E-state index contributed by atoms with van der Waals surface area (Å²) in [6, 6.07) is 4.45. The number of benzene rings is 1. The molecule has 1 unspecified atom stereocenters. The Labute approximate surface area is 335 Å². The van der Waals surface area contributed by atoms with E-state index in [2.05, 4.69) is 27.7 Å². The van der Waals surface area contributed by atoms with E-state index >= 15 is 0 Å². The van der Waals surface area contributed by atoms with Crippen LogP contribution < -0.4 is 0 Å². The zero-order chi connectivity index (χ0) is 40.6. The fourth-order valence-electron chi connectivity index (χ4n) is 7.05. The van der Waals surface area contributed by atoms with Crippen LogP contribution in [-0.2, 0) is 29.1 Å². The minimum absolute atomic E-state index is 0.0468. The summed E-state index contributed by atoms with van der Waals surface area (Å²) in [6.45, 7) is 9.14. The summed E-state index contributed by atoms with van der Waals surface area (Å²) in [4.78, 5) is 36.9. The maximum absolute atomic E-state index is 14.3. The summed E-state index contributed by atoms with van der Waals surface area (Å²) >= 11 is 0. The maximum atomic E-state index is 14.3. The largest absolute Gasteiger partial charge is 0.466 e. The van der Waals surface area contributed by atoms with Gasteiger partial charge in [-0.15, -0.1) is 0 Å². The molecule has 0 heterocycles. The predicted molar refractivity (Wildman–Crippen MR) is 224 cm³/mol. The highest BCUT2D eigenvalue weighted by molar-refractivity contribution is 7.89. The Kier molecular flexibility index (Phi) is 29.9. The summed E-state index contributed by atoms with van der Waals surface area (Å²) < 4.78 is 41.7. The Hall–Kier alpha value is -2.53. The molecule has 0 amide bonds. The first-order valence-electron chi connectivity index (χ1n) is 22.2. The third-order valence-electron chi connectivity index (χ3n) is 10.5. The summed E-state index contributed by atoms with van der Waals surface area (Å²) in [5.74, 6) is -0.648. The van der Waals surface area contributed by atoms with Gasteiger partial charge >= 0.3 is 11.9 Å². The molecule has 318 valence electrons. The molecule has 0 fully saturated rings. The first-order valence-corrected chi connectivity index (χ1v) is 23.7. The van der Waals surface area contributed by atoms with Gasteiger partial charge in [0, 0.05) is 37.6 Å². The minimum atomic E-state index is -4.13. The van der Waals surface area contributed by atoms with Gasteiger partial charge in [-0.1, -0.05) is 143 Å². The standard InChI is InChI=1S/C44H78N2O8S/c1-5-9-13-17-20-22-27-39(33-36-43(47)53-38-25-21-16-12-8-4)45(55(51,52)42-34-31-40(32-35-42)46(49)50)37-26-30-44(48)54-41(28-23-18-14-10-6-2)29-24-19-15-11-7-3/h31-32,34-35,39,41H,5-30,33,36-38H2,1-4H3. The lowest BCUT2D eigenvalue weighted by atomic mass is 10.0. The molecule has 0 bridgehead atoms. The topological polar surface area (TPSA) is 133 Å². The number of esters is 2. The summed E-state index contributed by atoms with van der Waals surface area (Å²) in [7, 11) is -4.13. The molecule has 0 radical (unpaired) electrons. The summed E-state index contributed by atoms with van der Waals surface area (Å²) in [5, 5.41) is 11.3. The van der Waals surface area contributed by atoms with E-state index in [1.165, 1.54) is 67.1 Å². The lowest BCUT2D eigenvalue weighted by Gasteiger charge is -2.31. The highest BCUT2D eigenvalue weighted by atomic mass is 32.2. The fraction of sp³-hybridized carbons (Fsp3) is 0.818. The zero-order valence-corrected chi connectivity index (χ0v) is 36.1. The number of ether oxygens (including phenoxy) is 2. The number of rotatable bonds is 37. The van der Waals surface area contributed by atoms with E-state index in [1.807, 2.05) is 0 Å². The number of sulfonamides is 1. The number of nitrogens with zero attached hydrogens (tertiary/aromatic N) is 2. The van der Waals surface area contributed by atoms with Crippen LogP contribution in [0.4, 0.5) is 5.69 Å². The van der Waals surface area contributed by atoms with Crippen LogP contribution in [0.15, 0.2) is 29.2 Å². The Balaban J connectivity index is 3.16. The maximum Gasteiger partial charge on any atom is 0.306 e. The van der Waals surface area contributed by atoms with E-state index in [9.17, 15) is 28.1 Å². The van der Waals surface area contributed by atoms with Crippen molar-refractivity contribution in [3.8, 4) is 0 Å². The van der Waals surface area contributed by atoms with E-state index in [0.29, 0.717) is 19.4 Å². The molecule has 0 aliphatic heterocycles. The Bertz CT molecular complexity index is 1230. The van der Waals surface area contributed by atoms with Crippen molar-refractivity contribution in [1.82, 2.24) is 4.31 Å². The molecule has 0 aromatic heterocycles. The summed E-state index contributed by atoms with van der Waals surface area (Å²) in [5.41, 5.74) is -0.195. The average molecular weight is 795 g/mol. The molecule has 0 aliphatic carbocycles. The Morgan fingerprint density at radius 2 is 1.09 bits per heavy atom. The van der Waals surface area contributed by atoms with Gasteiger partial charge in [0.1, 0.15) is 6.10 Å². The zero-order valence-electron chi connectivity index (χ0n) is 35.2. The number of nitro groups is 1. The van der Waals surface area contributed by atoms with Gasteiger partial charge in [0.05, 0.1) is 16.4 Å². The van der Waals surface area contributed by atoms with Gasteiger partial charge < -0.3 is 9.47 Å². The quantitative estimate of drug-likeness (QED) is 0.0281. The van der Waals surface area contributed by atoms with E-state index in [0.717, 1.165) is 109 Å². The highest BCUT2D eigenvalue weighted by Gasteiger charge is 2.32. The van der Waals surface area contributed by atoms with E-state index in [4.69, 9.17) is 9.47 Å². The van der Waals surface area contributed by atoms with Gasteiger partial charge in [0.2, 0.25) is 10.0 Å². The summed E-state index contributed by atoms with van der Waals surface area (Å²) in [6.07, 6.45) is 25.7. The van der Waals surface area contributed by atoms with Gasteiger partial charge in [-0.3, -0.25) is 19.7 Å². The SMILES string of the molecule is CCCCCCCCC(CCC(=O)OCCCCCCC)N(CCCC(=O)OC(CCCCCCC)CCCCCCC)S(=O)(=O)c1ccc([N+](=O)[O-])cc1.